The minimum atomic E-state index is 1.03. The number of hydrogen-bond acceptors (Lipinski definition) is 2. The van der Waals surface area contributed by atoms with E-state index in [1.807, 2.05) is 23.9 Å². The predicted molar refractivity (Wildman–Crippen MR) is 68.2 cm³/mol. The van der Waals surface area contributed by atoms with Crippen molar-refractivity contribution in [3.63, 3.8) is 0 Å². The second kappa shape index (κ2) is 8.90. The van der Waals surface area contributed by atoms with Crippen LogP contribution >= 0.6 is 11.8 Å². The van der Waals surface area contributed by atoms with Gasteiger partial charge in [0.2, 0.25) is 0 Å². The Bertz CT molecular complexity index is 218. The first kappa shape index (κ1) is 12.7. The van der Waals surface area contributed by atoms with Crippen molar-refractivity contribution < 1.29 is 4.42 Å². The third-order valence-corrected chi connectivity index (χ3v) is 3.53. The molecular formula is C13H22OS. The quantitative estimate of drug-likeness (QED) is 0.557. The maximum atomic E-state index is 5.27. The number of furan rings is 1. The van der Waals surface area contributed by atoms with E-state index >= 15 is 0 Å². The highest BCUT2D eigenvalue weighted by Gasteiger charge is 1.95. The number of hydrogen-bond donors (Lipinski definition) is 0. The average Bonchev–Trinajstić information content (AvgIpc) is 2.75. The molecule has 1 rings (SSSR count). The van der Waals surface area contributed by atoms with E-state index in [1.54, 1.807) is 6.26 Å². The molecule has 0 fully saturated rings. The van der Waals surface area contributed by atoms with Crippen LogP contribution in [0.1, 0.15) is 51.2 Å². The molecule has 0 bridgehead atoms. The molecule has 86 valence electrons. The highest BCUT2D eigenvalue weighted by molar-refractivity contribution is 7.98. The molecular weight excluding hydrogens is 204 g/mol. The fourth-order valence-corrected chi connectivity index (χ4v) is 2.47. The van der Waals surface area contributed by atoms with E-state index in [9.17, 15) is 0 Å². The van der Waals surface area contributed by atoms with Gasteiger partial charge in [0.05, 0.1) is 12.0 Å². The summed E-state index contributed by atoms with van der Waals surface area (Å²) in [7, 11) is 0. The van der Waals surface area contributed by atoms with Crippen LogP contribution in [0.3, 0.4) is 0 Å². The maximum absolute atomic E-state index is 5.27. The molecule has 0 saturated heterocycles. The van der Waals surface area contributed by atoms with E-state index in [0.29, 0.717) is 0 Å². The summed E-state index contributed by atoms with van der Waals surface area (Å²) in [6.45, 7) is 2.26. The van der Waals surface area contributed by atoms with Crippen LogP contribution in [-0.2, 0) is 5.75 Å². The van der Waals surface area contributed by atoms with Gasteiger partial charge in [-0.05, 0) is 24.3 Å². The molecule has 0 atom stereocenters. The Labute approximate surface area is 97.6 Å². The minimum absolute atomic E-state index is 1.03. The Hall–Kier alpha value is -0.370. The highest BCUT2D eigenvalue weighted by Crippen LogP contribution is 2.15. The van der Waals surface area contributed by atoms with Crippen molar-refractivity contribution >= 4 is 11.8 Å². The molecule has 0 aliphatic rings. The molecule has 1 aromatic heterocycles. The van der Waals surface area contributed by atoms with E-state index < -0.39 is 0 Å². The summed E-state index contributed by atoms with van der Waals surface area (Å²) < 4.78 is 5.27. The maximum Gasteiger partial charge on any atom is 0.113 e. The number of rotatable bonds is 9. The molecule has 1 aromatic rings. The van der Waals surface area contributed by atoms with Crippen molar-refractivity contribution in [3.8, 4) is 0 Å². The molecule has 0 spiro atoms. The van der Waals surface area contributed by atoms with Gasteiger partial charge in [0, 0.05) is 0 Å². The van der Waals surface area contributed by atoms with Gasteiger partial charge >= 0.3 is 0 Å². The summed E-state index contributed by atoms with van der Waals surface area (Å²) in [4.78, 5) is 0. The lowest BCUT2D eigenvalue weighted by Crippen LogP contribution is -1.83. The minimum Gasteiger partial charge on any atom is -0.468 e. The first-order valence-corrected chi connectivity index (χ1v) is 7.19. The summed E-state index contributed by atoms with van der Waals surface area (Å²) in [5.41, 5.74) is 0. The molecule has 0 aliphatic heterocycles. The van der Waals surface area contributed by atoms with Gasteiger partial charge in [0.1, 0.15) is 5.76 Å². The van der Waals surface area contributed by atoms with Gasteiger partial charge in [0.15, 0.2) is 0 Å². The summed E-state index contributed by atoms with van der Waals surface area (Å²) in [5.74, 6) is 3.40. The standard InChI is InChI=1S/C13H22OS/c1-2-3-4-5-6-7-11-15-12-13-9-8-10-14-13/h8-10H,2-7,11-12H2,1H3. The molecule has 0 amide bonds. The third-order valence-electron chi connectivity index (χ3n) is 2.47. The molecule has 0 saturated carbocycles. The van der Waals surface area contributed by atoms with Crippen molar-refractivity contribution in [2.75, 3.05) is 5.75 Å². The van der Waals surface area contributed by atoms with Crippen LogP contribution in [0.25, 0.3) is 0 Å². The second-order valence-electron chi connectivity index (χ2n) is 3.90. The van der Waals surface area contributed by atoms with Crippen LogP contribution in [0.2, 0.25) is 0 Å². The molecule has 1 heterocycles. The summed E-state index contributed by atoms with van der Waals surface area (Å²) >= 11 is 1.98. The Balaban J connectivity index is 1.81. The van der Waals surface area contributed by atoms with E-state index in [-0.39, 0.29) is 0 Å². The molecule has 2 heteroatoms. The van der Waals surface area contributed by atoms with Gasteiger partial charge in [-0.15, -0.1) is 0 Å². The Kier molecular flexibility index (Phi) is 7.53. The Morgan fingerprint density at radius 1 is 1.13 bits per heavy atom. The smallest absolute Gasteiger partial charge is 0.113 e. The first-order chi connectivity index (χ1) is 7.43. The summed E-state index contributed by atoms with van der Waals surface area (Å²) in [5, 5.41) is 0. The van der Waals surface area contributed by atoms with Crippen molar-refractivity contribution in [2.45, 2.75) is 51.2 Å². The zero-order chi connectivity index (χ0) is 10.8. The summed E-state index contributed by atoms with van der Waals surface area (Å²) in [6.07, 6.45) is 10.1. The lowest BCUT2D eigenvalue weighted by Gasteiger charge is -2.00. The van der Waals surface area contributed by atoms with E-state index in [1.165, 1.54) is 44.3 Å². The molecule has 0 radical (unpaired) electrons. The molecule has 1 nitrogen and oxygen atoms in total. The van der Waals surface area contributed by atoms with Gasteiger partial charge in [-0.2, -0.15) is 11.8 Å². The van der Waals surface area contributed by atoms with Gasteiger partial charge in [-0.1, -0.05) is 39.0 Å². The van der Waals surface area contributed by atoms with E-state index in [4.69, 9.17) is 4.42 Å². The van der Waals surface area contributed by atoms with Gasteiger partial charge < -0.3 is 4.42 Å². The SMILES string of the molecule is CCCCCCCCSCc1ccco1. The topological polar surface area (TPSA) is 13.1 Å². The van der Waals surface area contributed by atoms with E-state index in [2.05, 4.69) is 6.92 Å². The highest BCUT2D eigenvalue weighted by atomic mass is 32.2. The fourth-order valence-electron chi connectivity index (χ4n) is 1.55. The van der Waals surface area contributed by atoms with Crippen molar-refractivity contribution in [2.24, 2.45) is 0 Å². The Morgan fingerprint density at radius 2 is 1.93 bits per heavy atom. The van der Waals surface area contributed by atoms with Gasteiger partial charge in [0.25, 0.3) is 0 Å². The van der Waals surface area contributed by atoms with Crippen LogP contribution in [0.15, 0.2) is 22.8 Å². The molecule has 0 aromatic carbocycles. The number of unbranched alkanes of at least 4 members (excludes halogenated alkanes) is 5. The fraction of sp³-hybridized carbons (Fsp3) is 0.692. The monoisotopic (exact) mass is 226 g/mol. The lowest BCUT2D eigenvalue weighted by molar-refractivity contribution is 0.530. The van der Waals surface area contributed by atoms with E-state index in [0.717, 1.165) is 11.5 Å². The second-order valence-corrected chi connectivity index (χ2v) is 5.00. The van der Waals surface area contributed by atoms with Gasteiger partial charge in [-0.25, -0.2) is 0 Å². The zero-order valence-corrected chi connectivity index (χ0v) is 10.5. The molecule has 15 heavy (non-hydrogen) atoms. The molecule has 0 N–H and O–H groups in total. The zero-order valence-electron chi connectivity index (χ0n) is 9.71. The molecule has 0 unspecified atom stereocenters. The Morgan fingerprint density at radius 3 is 2.67 bits per heavy atom. The predicted octanol–water partition coefficient (Wildman–Crippen LogP) is 4.87. The first-order valence-electron chi connectivity index (χ1n) is 6.03. The van der Waals surface area contributed by atoms with Crippen LogP contribution in [0.5, 0.6) is 0 Å². The summed E-state index contributed by atoms with van der Waals surface area (Å²) in [6, 6.07) is 4.01. The number of thioether (sulfide) groups is 1. The third kappa shape index (κ3) is 6.67. The average molecular weight is 226 g/mol. The van der Waals surface area contributed by atoms with Crippen LogP contribution in [0.4, 0.5) is 0 Å². The van der Waals surface area contributed by atoms with Crippen LogP contribution in [-0.4, -0.2) is 5.75 Å². The van der Waals surface area contributed by atoms with Crippen LogP contribution < -0.4 is 0 Å². The van der Waals surface area contributed by atoms with Crippen molar-refractivity contribution in [1.82, 2.24) is 0 Å². The van der Waals surface area contributed by atoms with Crippen molar-refractivity contribution in [3.05, 3.63) is 24.2 Å². The normalized spacial score (nSPS) is 10.7. The largest absolute Gasteiger partial charge is 0.468 e. The molecule has 0 aliphatic carbocycles. The lowest BCUT2D eigenvalue weighted by atomic mass is 10.1. The van der Waals surface area contributed by atoms with Gasteiger partial charge in [-0.3, -0.25) is 0 Å². The van der Waals surface area contributed by atoms with Crippen molar-refractivity contribution in [1.29, 1.82) is 0 Å². The van der Waals surface area contributed by atoms with Crippen LogP contribution in [0, 0.1) is 0 Å².